The Bertz CT molecular complexity index is 881. The fourth-order valence-corrected chi connectivity index (χ4v) is 3.72. The molecule has 1 aliphatic rings. The van der Waals surface area contributed by atoms with Crippen molar-refractivity contribution >= 4 is 29.1 Å². The molecule has 0 radical (unpaired) electrons. The van der Waals surface area contributed by atoms with Crippen LogP contribution in [0.25, 0.3) is 0 Å². The predicted octanol–water partition coefficient (Wildman–Crippen LogP) is 4.04. The summed E-state index contributed by atoms with van der Waals surface area (Å²) in [5, 5.41) is 11.4. The number of hydrogen-bond donors (Lipinski definition) is 1. The van der Waals surface area contributed by atoms with Crippen LogP contribution < -0.4 is 14.8 Å². The molecule has 1 heterocycles. The number of unbranched alkanes of at least 4 members (excludes halogenated alkanes) is 1. The summed E-state index contributed by atoms with van der Waals surface area (Å²) in [5.74, 6) is 1.53. The first-order valence-electron chi connectivity index (χ1n) is 9.63. The number of benzene rings is 2. The van der Waals surface area contributed by atoms with Gasteiger partial charge in [0.25, 0.3) is 0 Å². The fourth-order valence-electron chi connectivity index (χ4n) is 2.75. The molecule has 152 valence electrons. The minimum absolute atomic E-state index is 0.0527. The number of carbonyl (C=O) groups is 1. The second-order valence-corrected chi connectivity index (χ2v) is 7.73. The summed E-state index contributed by atoms with van der Waals surface area (Å²) >= 11 is 1.39. The van der Waals surface area contributed by atoms with Gasteiger partial charge in [-0.05, 0) is 42.7 Å². The molecule has 1 unspecified atom stereocenters. The van der Waals surface area contributed by atoms with Crippen molar-refractivity contribution in [3.63, 3.8) is 0 Å². The smallest absolute Gasteiger partial charge is 0.239 e. The van der Waals surface area contributed by atoms with E-state index in [1.165, 1.54) is 11.8 Å². The van der Waals surface area contributed by atoms with Crippen molar-refractivity contribution in [2.45, 2.75) is 31.4 Å². The molecule has 0 bridgehead atoms. The lowest BCUT2D eigenvalue weighted by Crippen LogP contribution is -2.25. The standard InChI is InChI=1S/C22H25N3O3S/c1-3-4-13-28-19-8-6-5-7-17(19)15-23-25-22-24-21(26)20(29-22)14-16-9-11-18(27-2)12-10-16/h5-12,15,20H,3-4,13-14H2,1-2H3,(H,24,25,26)/b23-15+. The minimum Gasteiger partial charge on any atom is -0.497 e. The molecule has 0 aromatic heterocycles. The molecule has 1 saturated heterocycles. The molecule has 2 aromatic carbocycles. The molecule has 1 atom stereocenters. The van der Waals surface area contributed by atoms with Crippen LogP contribution in [-0.4, -0.2) is 36.3 Å². The van der Waals surface area contributed by atoms with Crippen molar-refractivity contribution < 1.29 is 14.3 Å². The summed E-state index contributed by atoms with van der Waals surface area (Å²) in [6, 6.07) is 15.4. The van der Waals surface area contributed by atoms with Crippen molar-refractivity contribution in [2.75, 3.05) is 13.7 Å². The third kappa shape index (κ3) is 6.09. The zero-order valence-electron chi connectivity index (χ0n) is 16.6. The molecule has 6 nitrogen and oxygen atoms in total. The van der Waals surface area contributed by atoms with Gasteiger partial charge < -0.3 is 14.8 Å². The van der Waals surface area contributed by atoms with Crippen LogP contribution in [0.15, 0.2) is 58.7 Å². The molecule has 1 N–H and O–H groups in total. The van der Waals surface area contributed by atoms with Gasteiger partial charge in [-0.25, -0.2) is 0 Å². The van der Waals surface area contributed by atoms with E-state index in [1.807, 2.05) is 48.5 Å². The fraction of sp³-hybridized carbons (Fsp3) is 0.318. The molecular weight excluding hydrogens is 386 g/mol. The Balaban J connectivity index is 1.59. The van der Waals surface area contributed by atoms with E-state index in [1.54, 1.807) is 13.3 Å². The Morgan fingerprint density at radius 1 is 1.17 bits per heavy atom. The second kappa shape index (κ2) is 10.7. The first-order chi connectivity index (χ1) is 14.2. The second-order valence-electron chi connectivity index (χ2n) is 6.54. The number of rotatable bonds is 9. The summed E-state index contributed by atoms with van der Waals surface area (Å²) in [4.78, 5) is 12.2. The van der Waals surface area contributed by atoms with E-state index in [4.69, 9.17) is 9.47 Å². The quantitative estimate of drug-likeness (QED) is 0.384. The number of para-hydroxylation sites is 1. The maximum atomic E-state index is 12.2. The van der Waals surface area contributed by atoms with E-state index >= 15 is 0 Å². The molecule has 2 aromatic rings. The molecule has 3 rings (SSSR count). The van der Waals surface area contributed by atoms with E-state index in [0.29, 0.717) is 18.2 Å². The molecule has 1 fully saturated rings. The van der Waals surface area contributed by atoms with Crippen LogP contribution in [0.2, 0.25) is 0 Å². The van der Waals surface area contributed by atoms with Gasteiger partial charge in [0.05, 0.1) is 25.2 Å². The average molecular weight is 412 g/mol. The van der Waals surface area contributed by atoms with E-state index in [9.17, 15) is 4.79 Å². The zero-order chi connectivity index (χ0) is 20.5. The van der Waals surface area contributed by atoms with Crippen molar-refractivity contribution in [1.82, 2.24) is 5.32 Å². The van der Waals surface area contributed by atoms with Crippen LogP contribution in [-0.2, 0) is 11.2 Å². The third-order valence-electron chi connectivity index (χ3n) is 4.38. The highest BCUT2D eigenvalue weighted by molar-refractivity contribution is 8.15. The van der Waals surface area contributed by atoms with Crippen molar-refractivity contribution in [1.29, 1.82) is 0 Å². The van der Waals surface area contributed by atoms with Crippen molar-refractivity contribution in [3.8, 4) is 11.5 Å². The molecular formula is C22H25N3O3S. The number of nitrogens with zero attached hydrogens (tertiary/aromatic N) is 2. The van der Waals surface area contributed by atoms with Crippen molar-refractivity contribution in [2.24, 2.45) is 10.2 Å². The van der Waals surface area contributed by atoms with Crippen LogP contribution in [0.5, 0.6) is 11.5 Å². The summed E-state index contributed by atoms with van der Waals surface area (Å²) < 4.78 is 11.0. The number of amidine groups is 1. The molecule has 0 aliphatic carbocycles. The van der Waals surface area contributed by atoms with Crippen LogP contribution in [0.1, 0.15) is 30.9 Å². The van der Waals surface area contributed by atoms with Gasteiger partial charge >= 0.3 is 0 Å². The number of methoxy groups -OCH3 is 1. The number of hydrogen-bond acceptors (Lipinski definition) is 6. The van der Waals surface area contributed by atoms with Gasteiger partial charge in [0.1, 0.15) is 11.5 Å². The highest BCUT2D eigenvalue weighted by Crippen LogP contribution is 2.24. The Morgan fingerprint density at radius 3 is 2.72 bits per heavy atom. The first kappa shape index (κ1) is 20.9. The van der Waals surface area contributed by atoms with Crippen molar-refractivity contribution in [3.05, 3.63) is 59.7 Å². The Labute approximate surface area is 175 Å². The molecule has 7 heteroatoms. The van der Waals surface area contributed by atoms with E-state index in [-0.39, 0.29) is 11.2 Å². The van der Waals surface area contributed by atoms with Gasteiger partial charge in [-0.15, -0.1) is 5.10 Å². The van der Waals surface area contributed by atoms with Crippen LogP contribution in [0.4, 0.5) is 0 Å². The summed E-state index contributed by atoms with van der Waals surface area (Å²) in [6.07, 6.45) is 4.36. The highest BCUT2D eigenvalue weighted by atomic mass is 32.2. The lowest BCUT2D eigenvalue weighted by Gasteiger charge is -2.07. The monoisotopic (exact) mass is 411 g/mol. The van der Waals surface area contributed by atoms with Gasteiger partial charge in [-0.1, -0.05) is 49.4 Å². The third-order valence-corrected chi connectivity index (χ3v) is 5.45. The normalized spacial score (nSPS) is 17.7. The van der Waals surface area contributed by atoms with Gasteiger partial charge in [-0.3, -0.25) is 4.79 Å². The van der Waals surface area contributed by atoms with Crippen LogP contribution in [0.3, 0.4) is 0 Å². The number of thioether (sulfide) groups is 1. The number of nitrogens with one attached hydrogen (secondary N) is 1. The highest BCUT2D eigenvalue weighted by Gasteiger charge is 2.30. The summed E-state index contributed by atoms with van der Waals surface area (Å²) in [5.41, 5.74) is 1.93. The van der Waals surface area contributed by atoms with Crippen LogP contribution in [0, 0.1) is 0 Å². The van der Waals surface area contributed by atoms with E-state index in [0.717, 1.165) is 35.5 Å². The van der Waals surface area contributed by atoms with Gasteiger partial charge in [-0.2, -0.15) is 5.10 Å². The Kier molecular flexibility index (Phi) is 7.69. The van der Waals surface area contributed by atoms with Gasteiger partial charge in [0, 0.05) is 5.56 Å². The maximum Gasteiger partial charge on any atom is 0.239 e. The molecule has 0 saturated carbocycles. The largest absolute Gasteiger partial charge is 0.497 e. The average Bonchev–Trinajstić information content (AvgIpc) is 3.09. The van der Waals surface area contributed by atoms with Crippen LogP contribution >= 0.6 is 11.8 Å². The number of amides is 1. The Morgan fingerprint density at radius 2 is 1.97 bits per heavy atom. The lowest BCUT2D eigenvalue weighted by molar-refractivity contribution is -0.118. The van der Waals surface area contributed by atoms with Gasteiger partial charge in [0.2, 0.25) is 5.91 Å². The topological polar surface area (TPSA) is 72.3 Å². The number of carbonyl (C=O) groups excluding carboxylic acids is 1. The lowest BCUT2D eigenvalue weighted by atomic mass is 10.1. The summed E-state index contributed by atoms with van der Waals surface area (Å²) in [6.45, 7) is 2.80. The molecule has 1 aliphatic heterocycles. The van der Waals surface area contributed by atoms with E-state index < -0.39 is 0 Å². The zero-order valence-corrected chi connectivity index (χ0v) is 17.4. The maximum absolute atomic E-state index is 12.2. The first-order valence-corrected chi connectivity index (χ1v) is 10.5. The minimum atomic E-state index is -0.220. The summed E-state index contributed by atoms with van der Waals surface area (Å²) in [7, 11) is 1.63. The van der Waals surface area contributed by atoms with E-state index in [2.05, 4.69) is 22.4 Å². The predicted molar refractivity (Wildman–Crippen MR) is 118 cm³/mol. The Hall–Kier alpha value is -2.80. The molecule has 0 spiro atoms. The molecule has 1 amide bonds. The molecule has 29 heavy (non-hydrogen) atoms. The number of ether oxygens (including phenoxy) is 2. The SMILES string of the molecule is CCCCOc1ccccc1/C=N/N=C1\NC(=O)C(Cc2ccc(OC)cc2)S1. The van der Waals surface area contributed by atoms with Gasteiger partial charge in [0.15, 0.2) is 5.17 Å².